The number of hydrogen-bond acceptors (Lipinski definition) is 4. The molecular formula is C15H28N2O3. The summed E-state index contributed by atoms with van der Waals surface area (Å²) in [5.41, 5.74) is 5.12. The molecule has 5 nitrogen and oxygen atoms in total. The molecule has 1 aliphatic carbocycles. The molecule has 2 rings (SSSR count). The Labute approximate surface area is 121 Å². The van der Waals surface area contributed by atoms with Gasteiger partial charge in [0.1, 0.15) is 0 Å². The van der Waals surface area contributed by atoms with Gasteiger partial charge in [0.25, 0.3) is 0 Å². The summed E-state index contributed by atoms with van der Waals surface area (Å²) in [5, 5.41) is 10.4. The molecule has 0 spiro atoms. The fraction of sp³-hybridized carbons (Fsp3) is 0.933. The highest BCUT2D eigenvalue weighted by atomic mass is 16.5. The highest BCUT2D eigenvalue weighted by Crippen LogP contribution is 2.27. The first-order valence-corrected chi connectivity index (χ1v) is 7.78. The lowest BCUT2D eigenvalue weighted by Crippen LogP contribution is -2.47. The minimum absolute atomic E-state index is 0.144. The van der Waals surface area contributed by atoms with Crippen LogP contribution in [0.2, 0.25) is 0 Å². The molecule has 116 valence electrons. The highest BCUT2D eigenvalue weighted by molar-refractivity contribution is 5.76. The van der Waals surface area contributed by atoms with Crippen molar-refractivity contribution in [3.8, 4) is 0 Å². The number of amides is 1. The van der Waals surface area contributed by atoms with Gasteiger partial charge in [0.15, 0.2) is 0 Å². The van der Waals surface area contributed by atoms with Crippen molar-refractivity contribution in [3.05, 3.63) is 0 Å². The number of likely N-dealkylation sites (N-methyl/N-ethyl adjacent to an activating group) is 1. The number of carbonyl (C=O) groups excluding carboxylic acids is 1. The zero-order chi connectivity index (χ0) is 14.6. The molecule has 0 unspecified atom stereocenters. The van der Waals surface area contributed by atoms with Gasteiger partial charge < -0.3 is 20.5 Å². The van der Waals surface area contributed by atoms with Crippen molar-refractivity contribution in [3.63, 3.8) is 0 Å². The summed E-state index contributed by atoms with van der Waals surface area (Å²) in [7, 11) is 1.80. The average molecular weight is 284 g/mol. The molecule has 2 fully saturated rings. The van der Waals surface area contributed by atoms with E-state index in [0.717, 1.165) is 25.7 Å². The van der Waals surface area contributed by atoms with Gasteiger partial charge in [0.05, 0.1) is 5.60 Å². The van der Waals surface area contributed by atoms with Gasteiger partial charge >= 0.3 is 0 Å². The zero-order valence-corrected chi connectivity index (χ0v) is 12.5. The molecule has 0 aromatic carbocycles. The molecule has 0 aromatic heterocycles. The largest absolute Gasteiger partial charge is 0.388 e. The molecule has 20 heavy (non-hydrogen) atoms. The van der Waals surface area contributed by atoms with Gasteiger partial charge in [0, 0.05) is 52.1 Å². The van der Waals surface area contributed by atoms with E-state index in [1.807, 2.05) is 0 Å². The highest BCUT2D eigenvalue weighted by Gasteiger charge is 2.33. The second-order valence-corrected chi connectivity index (χ2v) is 6.57. The Morgan fingerprint density at radius 3 is 2.50 bits per heavy atom. The van der Waals surface area contributed by atoms with Crippen LogP contribution in [0, 0.1) is 5.92 Å². The summed E-state index contributed by atoms with van der Waals surface area (Å²) in [6, 6.07) is 0.321. The quantitative estimate of drug-likeness (QED) is 0.804. The second kappa shape index (κ2) is 6.87. The first kappa shape index (κ1) is 15.7. The van der Waals surface area contributed by atoms with E-state index in [0.29, 0.717) is 51.0 Å². The third kappa shape index (κ3) is 4.43. The molecule has 1 saturated carbocycles. The Kier molecular flexibility index (Phi) is 5.41. The number of nitrogens with zero attached hydrogens (tertiary/aromatic N) is 1. The number of hydrogen-bond donors (Lipinski definition) is 2. The lowest BCUT2D eigenvalue weighted by Gasteiger charge is -2.36. The monoisotopic (exact) mass is 284 g/mol. The van der Waals surface area contributed by atoms with Gasteiger partial charge in [-0.25, -0.2) is 0 Å². The van der Waals surface area contributed by atoms with Crippen molar-refractivity contribution in [1.29, 1.82) is 0 Å². The van der Waals surface area contributed by atoms with E-state index in [1.54, 1.807) is 11.9 Å². The molecule has 3 N–H and O–H groups in total. The van der Waals surface area contributed by atoms with Gasteiger partial charge in [-0.1, -0.05) is 0 Å². The Hall–Kier alpha value is -0.650. The summed E-state index contributed by atoms with van der Waals surface area (Å²) in [4.78, 5) is 14.0. The lowest BCUT2D eigenvalue weighted by atomic mass is 9.84. The fourth-order valence-electron chi connectivity index (χ4n) is 3.23. The molecule has 1 aliphatic heterocycles. The van der Waals surface area contributed by atoms with Gasteiger partial charge in [-0.2, -0.15) is 0 Å². The number of aliphatic hydroxyl groups is 1. The van der Waals surface area contributed by atoms with Crippen molar-refractivity contribution in [1.82, 2.24) is 4.90 Å². The van der Waals surface area contributed by atoms with Crippen LogP contribution >= 0.6 is 0 Å². The minimum Gasteiger partial charge on any atom is -0.388 e. The van der Waals surface area contributed by atoms with E-state index >= 15 is 0 Å². The molecule has 1 amide bonds. The van der Waals surface area contributed by atoms with Crippen LogP contribution in [0.15, 0.2) is 0 Å². The summed E-state index contributed by atoms with van der Waals surface area (Å²) >= 11 is 0. The summed E-state index contributed by atoms with van der Waals surface area (Å²) < 4.78 is 5.26. The molecular weight excluding hydrogens is 256 g/mol. The topological polar surface area (TPSA) is 75.8 Å². The normalized spacial score (nSPS) is 29.9. The van der Waals surface area contributed by atoms with Crippen molar-refractivity contribution in [2.75, 3.05) is 26.8 Å². The van der Waals surface area contributed by atoms with Crippen LogP contribution in [0.4, 0.5) is 0 Å². The van der Waals surface area contributed by atoms with E-state index in [2.05, 4.69) is 0 Å². The van der Waals surface area contributed by atoms with Crippen LogP contribution in [0.5, 0.6) is 0 Å². The van der Waals surface area contributed by atoms with Gasteiger partial charge in [-0.15, -0.1) is 0 Å². The first-order chi connectivity index (χ1) is 9.48. The first-order valence-electron chi connectivity index (χ1n) is 7.78. The van der Waals surface area contributed by atoms with Gasteiger partial charge in [-0.05, 0) is 31.6 Å². The number of carbonyl (C=O) groups is 1. The zero-order valence-electron chi connectivity index (χ0n) is 12.5. The summed E-state index contributed by atoms with van der Waals surface area (Å²) in [6.45, 7) is 1.58. The smallest absolute Gasteiger partial charge is 0.222 e. The van der Waals surface area contributed by atoms with Crippen LogP contribution in [0.1, 0.15) is 44.9 Å². The van der Waals surface area contributed by atoms with E-state index in [-0.39, 0.29) is 5.91 Å². The van der Waals surface area contributed by atoms with E-state index in [9.17, 15) is 9.90 Å². The molecule has 5 heteroatoms. The second-order valence-electron chi connectivity index (χ2n) is 6.57. The van der Waals surface area contributed by atoms with Crippen LogP contribution < -0.4 is 5.73 Å². The molecule has 0 bridgehead atoms. The van der Waals surface area contributed by atoms with Crippen LogP contribution in [0.25, 0.3) is 0 Å². The third-order valence-corrected chi connectivity index (χ3v) is 4.74. The lowest BCUT2D eigenvalue weighted by molar-refractivity contribution is -0.138. The van der Waals surface area contributed by atoms with Crippen molar-refractivity contribution in [2.45, 2.75) is 56.6 Å². The van der Waals surface area contributed by atoms with E-state index in [4.69, 9.17) is 10.5 Å². The SMILES string of the molecule is CN(CC1(O)CCOCC1)C(=O)CC1CCC(N)CC1. The predicted molar refractivity (Wildman–Crippen MR) is 77.2 cm³/mol. The third-order valence-electron chi connectivity index (χ3n) is 4.74. The number of nitrogens with two attached hydrogens (primary N) is 1. The van der Waals surface area contributed by atoms with Crippen molar-refractivity contribution >= 4 is 5.91 Å². The number of rotatable bonds is 4. The van der Waals surface area contributed by atoms with E-state index < -0.39 is 5.60 Å². The standard InChI is InChI=1S/C15H28N2O3/c1-17(11-15(19)6-8-20-9-7-15)14(18)10-12-2-4-13(16)5-3-12/h12-13,19H,2-11,16H2,1H3. The molecule has 1 saturated heterocycles. The van der Waals surface area contributed by atoms with Gasteiger partial charge in [-0.3, -0.25) is 4.79 Å². The summed E-state index contributed by atoms with van der Waals surface area (Å²) in [5.74, 6) is 0.611. The fourth-order valence-corrected chi connectivity index (χ4v) is 3.23. The molecule has 0 atom stereocenters. The van der Waals surface area contributed by atoms with Crippen molar-refractivity contribution < 1.29 is 14.6 Å². The Morgan fingerprint density at radius 2 is 1.90 bits per heavy atom. The molecule has 2 aliphatic rings. The summed E-state index contributed by atoms with van der Waals surface area (Å²) in [6.07, 6.45) is 5.99. The predicted octanol–water partition coefficient (Wildman–Crippen LogP) is 0.894. The average Bonchev–Trinajstić information content (AvgIpc) is 2.41. The molecule has 1 heterocycles. The molecule has 0 radical (unpaired) electrons. The molecule has 0 aromatic rings. The number of ether oxygens (including phenoxy) is 1. The van der Waals surface area contributed by atoms with Crippen LogP contribution in [-0.2, 0) is 9.53 Å². The van der Waals surface area contributed by atoms with Crippen LogP contribution in [-0.4, -0.2) is 54.4 Å². The Bertz CT molecular complexity index is 321. The Morgan fingerprint density at radius 1 is 1.30 bits per heavy atom. The maximum atomic E-state index is 12.3. The van der Waals surface area contributed by atoms with Crippen LogP contribution in [0.3, 0.4) is 0 Å². The maximum Gasteiger partial charge on any atom is 0.222 e. The van der Waals surface area contributed by atoms with Gasteiger partial charge in [0.2, 0.25) is 5.91 Å². The maximum absolute atomic E-state index is 12.3. The van der Waals surface area contributed by atoms with Crippen molar-refractivity contribution in [2.24, 2.45) is 11.7 Å². The van der Waals surface area contributed by atoms with E-state index in [1.165, 1.54) is 0 Å². The minimum atomic E-state index is -0.766. The Balaban J connectivity index is 1.76.